The molecule has 0 aliphatic heterocycles. The van der Waals surface area contributed by atoms with Gasteiger partial charge in [0.2, 0.25) is 0 Å². The van der Waals surface area contributed by atoms with Crippen LogP contribution < -0.4 is 0 Å². The smallest absolute Gasteiger partial charge is 0.306 e. The van der Waals surface area contributed by atoms with Crippen molar-refractivity contribution in [2.75, 3.05) is 13.2 Å². The number of carbonyl (C=O) groups excluding carboxylic acids is 2. The molecule has 0 saturated carbocycles. The van der Waals surface area contributed by atoms with E-state index < -0.39 is 5.41 Å². The maximum Gasteiger partial charge on any atom is 0.306 e. The summed E-state index contributed by atoms with van der Waals surface area (Å²) in [6.07, 6.45) is 1.62. The van der Waals surface area contributed by atoms with Gasteiger partial charge in [0, 0.05) is 18.6 Å². The van der Waals surface area contributed by atoms with Gasteiger partial charge < -0.3 is 9.84 Å². The predicted octanol–water partition coefficient (Wildman–Crippen LogP) is 2.99. The number of hydrogen-bond donors (Lipinski definition) is 1. The lowest BCUT2D eigenvalue weighted by Gasteiger charge is -2.27. The molecule has 0 aromatic heterocycles. The Morgan fingerprint density at radius 2 is 1.86 bits per heavy atom. The number of aliphatic hydroxyl groups is 1. The molecule has 0 saturated heterocycles. The SMILES string of the molecule is CCOC(=O)C[C@](C)(CCO)CCC(=O)c1ccccc1. The van der Waals surface area contributed by atoms with Crippen molar-refractivity contribution in [3.8, 4) is 0 Å². The summed E-state index contributed by atoms with van der Waals surface area (Å²) < 4.78 is 4.97. The highest BCUT2D eigenvalue weighted by atomic mass is 16.5. The first-order chi connectivity index (χ1) is 10.0. The zero-order chi connectivity index (χ0) is 15.7. The molecule has 1 aromatic carbocycles. The molecule has 0 aliphatic carbocycles. The fourth-order valence-corrected chi connectivity index (χ4v) is 2.32. The predicted molar refractivity (Wildman–Crippen MR) is 81.1 cm³/mol. The van der Waals surface area contributed by atoms with Crippen molar-refractivity contribution in [3.63, 3.8) is 0 Å². The molecule has 0 bridgehead atoms. The van der Waals surface area contributed by atoms with Crippen LogP contribution in [0.15, 0.2) is 30.3 Å². The van der Waals surface area contributed by atoms with Crippen LogP contribution in [0.25, 0.3) is 0 Å². The minimum Gasteiger partial charge on any atom is -0.466 e. The van der Waals surface area contributed by atoms with Crippen LogP contribution >= 0.6 is 0 Å². The zero-order valence-corrected chi connectivity index (χ0v) is 12.8. The number of aliphatic hydroxyl groups excluding tert-OH is 1. The van der Waals surface area contributed by atoms with Crippen LogP contribution in [-0.4, -0.2) is 30.1 Å². The molecule has 0 aliphatic rings. The average Bonchev–Trinajstić information content (AvgIpc) is 2.46. The number of benzene rings is 1. The first kappa shape index (κ1) is 17.4. The molecule has 21 heavy (non-hydrogen) atoms. The van der Waals surface area contributed by atoms with Gasteiger partial charge >= 0.3 is 5.97 Å². The molecule has 1 aromatic rings. The van der Waals surface area contributed by atoms with E-state index in [1.54, 1.807) is 19.1 Å². The van der Waals surface area contributed by atoms with Crippen LogP contribution in [0.4, 0.5) is 0 Å². The molecule has 0 fully saturated rings. The molecule has 0 unspecified atom stereocenters. The fourth-order valence-electron chi connectivity index (χ4n) is 2.32. The Balaban J connectivity index is 2.61. The summed E-state index contributed by atoms with van der Waals surface area (Å²) in [6, 6.07) is 9.11. The van der Waals surface area contributed by atoms with Crippen LogP contribution in [-0.2, 0) is 9.53 Å². The highest BCUT2D eigenvalue weighted by Gasteiger charge is 2.28. The van der Waals surface area contributed by atoms with E-state index in [9.17, 15) is 14.7 Å². The molecular formula is C17H24O4. The molecule has 1 N–H and O–H groups in total. The van der Waals surface area contributed by atoms with Gasteiger partial charge in [0.25, 0.3) is 0 Å². The molecule has 4 heteroatoms. The van der Waals surface area contributed by atoms with Gasteiger partial charge in [-0.05, 0) is 25.2 Å². The number of carbonyl (C=O) groups is 2. The zero-order valence-electron chi connectivity index (χ0n) is 12.8. The monoisotopic (exact) mass is 292 g/mol. The third-order valence-electron chi connectivity index (χ3n) is 3.64. The van der Waals surface area contributed by atoms with Gasteiger partial charge in [-0.1, -0.05) is 37.3 Å². The summed E-state index contributed by atoms with van der Waals surface area (Å²) in [7, 11) is 0. The Kier molecular flexibility index (Phi) is 7.09. The maximum absolute atomic E-state index is 12.1. The Labute approximate surface area is 126 Å². The molecule has 1 atom stereocenters. The Morgan fingerprint density at radius 3 is 2.43 bits per heavy atom. The van der Waals surface area contributed by atoms with Crippen molar-refractivity contribution >= 4 is 11.8 Å². The molecule has 0 amide bonds. The number of esters is 1. The second-order valence-electron chi connectivity index (χ2n) is 5.56. The first-order valence-electron chi connectivity index (χ1n) is 7.35. The Bertz CT molecular complexity index is 455. The number of ketones is 1. The van der Waals surface area contributed by atoms with E-state index in [-0.39, 0.29) is 24.8 Å². The lowest BCUT2D eigenvalue weighted by molar-refractivity contribution is -0.146. The third kappa shape index (κ3) is 6.08. The van der Waals surface area contributed by atoms with Crippen molar-refractivity contribution in [2.45, 2.75) is 39.5 Å². The fraction of sp³-hybridized carbons (Fsp3) is 0.529. The van der Waals surface area contributed by atoms with Gasteiger partial charge in [-0.2, -0.15) is 0 Å². The van der Waals surface area contributed by atoms with Gasteiger partial charge in [-0.25, -0.2) is 0 Å². The summed E-state index contributed by atoms with van der Waals surface area (Å²) in [4.78, 5) is 23.8. The van der Waals surface area contributed by atoms with E-state index in [2.05, 4.69) is 0 Å². The Morgan fingerprint density at radius 1 is 1.19 bits per heavy atom. The summed E-state index contributed by atoms with van der Waals surface area (Å²) >= 11 is 0. The molecule has 1 rings (SSSR count). The van der Waals surface area contributed by atoms with Gasteiger partial charge in [-0.15, -0.1) is 0 Å². The summed E-state index contributed by atoms with van der Waals surface area (Å²) in [6.45, 7) is 4.02. The molecule has 0 radical (unpaired) electrons. The molecule has 4 nitrogen and oxygen atoms in total. The van der Waals surface area contributed by atoms with E-state index >= 15 is 0 Å². The van der Waals surface area contributed by atoms with Crippen molar-refractivity contribution in [3.05, 3.63) is 35.9 Å². The van der Waals surface area contributed by atoms with Crippen LogP contribution in [0.1, 0.15) is 49.9 Å². The van der Waals surface area contributed by atoms with Crippen molar-refractivity contribution < 1.29 is 19.4 Å². The minimum absolute atomic E-state index is 0.00453. The third-order valence-corrected chi connectivity index (χ3v) is 3.64. The van der Waals surface area contributed by atoms with E-state index in [0.29, 0.717) is 31.4 Å². The van der Waals surface area contributed by atoms with Gasteiger partial charge in [0.15, 0.2) is 5.78 Å². The Hall–Kier alpha value is -1.68. The van der Waals surface area contributed by atoms with Gasteiger partial charge in [-0.3, -0.25) is 9.59 Å². The van der Waals surface area contributed by atoms with Crippen molar-refractivity contribution in [2.24, 2.45) is 5.41 Å². The summed E-state index contributed by atoms with van der Waals surface area (Å²) in [5.74, 6) is -0.218. The highest BCUT2D eigenvalue weighted by molar-refractivity contribution is 5.96. The van der Waals surface area contributed by atoms with Crippen molar-refractivity contribution in [1.29, 1.82) is 0 Å². The molecule has 0 spiro atoms. The number of rotatable bonds is 9. The van der Waals surface area contributed by atoms with E-state index in [4.69, 9.17) is 4.74 Å². The van der Waals surface area contributed by atoms with Gasteiger partial charge in [0.1, 0.15) is 0 Å². The standard InChI is InChI=1S/C17H24O4/c1-3-21-16(20)13-17(2,11-12-18)10-9-15(19)14-7-5-4-6-8-14/h4-8,18H,3,9-13H2,1-2H3/t17-/m0/s1. The molecule has 116 valence electrons. The quantitative estimate of drug-likeness (QED) is 0.561. The first-order valence-corrected chi connectivity index (χ1v) is 7.35. The molecular weight excluding hydrogens is 268 g/mol. The highest BCUT2D eigenvalue weighted by Crippen LogP contribution is 2.32. The maximum atomic E-state index is 12.1. The van der Waals surface area contributed by atoms with Crippen LogP contribution in [0.2, 0.25) is 0 Å². The second kappa shape index (κ2) is 8.57. The topological polar surface area (TPSA) is 63.6 Å². The van der Waals surface area contributed by atoms with E-state index in [0.717, 1.165) is 0 Å². The van der Waals surface area contributed by atoms with Crippen molar-refractivity contribution in [1.82, 2.24) is 0 Å². The number of hydrogen-bond acceptors (Lipinski definition) is 4. The van der Waals surface area contributed by atoms with Crippen LogP contribution in [0.3, 0.4) is 0 Å². The summed E-state index contributed by atoms with van der Waals surface area (Å²) in [5.41, 5.74) is 0.269. The molecule has 0 heterocycles. The average molecular weight is 292 g/mol. The van der Waals surface area contributed by atoms with Crippen LogP contribution in [0, 0.1) is 5.41 Å². The van der Waals surface area contributed by atoms with E-state index in [1.165, 1.54) is 0 Å². The van der Waals surface area contributed by atoms with Crippen LogP contribution in [0.5, 0.6) is 0 Å². The van der Waals surface area contributed by atoms with E-state index in [1.807, 2.05) is 25.1 Å². The number of Topliss-reactive ketones (excluding diaryl/α,β-unsaturated/α-hetero) is 1. The lowest BCUT2D eigenvalue weighted by atomic mass is 9.78. The number of ether oxygens (including phenoxy) is 1. The normalized spacial score (nSPS) is 13.5. The largest absolute Gasteiger partial charge is 0.466 e. The second-order valence-corrected chi connectivity index (χ2v) is 5.56. The minimum atomic E-state index is -0.411. The van der Waals surface area contributed by atoms with Gasteiger partial charge in [0.05, 0.1) is 13.0 Å². The lowest BCUT2D eigenvalue weighted by Crippen LogP contribution is -2.25. The summed E-state index contributed by atoms with van der Waals surface area (Å²) in [5, 5.41) is 9.19.